The molecule has 0 aliphatic heterocycles. The third kappa shape index (κ3) is 2.93. The van der Waals surface area contributed by atoms with E-state index in [4.69, 9.17) is 0 Å². The molecule has 4 nitrogen and oxygen atoms in total. The van der Waals surface area contributed by atoms with Crippen LogP contribution in [-0.2, 0) is 17.8 Å². The number of rotatable bonds is 4. The summed E-state index contributed by atoms with van der Waals surface area (Å²) in [4.78, 5) is 15.7. The van der Waals surface area contributed by atoms with Gasteiger partial charge in [-0.25, -0.2) is 4.98 Å². The summed E-state index contributed by atoms with van der Waals surface area (Å²) in [6.45, 7) is 2.36. The smallest absolute Gasteiger partial charge is 0.244 e. The van der Waals surface area contributed by atoms with Gasteiger partial charge in [0, 0.05) is 18.1 Å². The first-order valence-corrected chi connectivity index (χ1v) is 5.63. The molecule has 1 N–H and O–H groups in total. The average molecular weight is 229 g/mol. The fourth-order valence-corrected chi connectivity index (χ4v) is 1.69. The predicted molar refractivity (Wildman–Crippen MR) is 66.7 cm³/mol. The summed E-state index contributed by atoms with van der Waals surface area (Å²) in [6.07, 6.45) is 5.96. The van der Waals surface area contributed by atoms with Crippen LogP contribution >= 0.6 is 0 Å². The summed E-state index contributed by atoms with van der Waals surface area (Å²) >= 11 is 0. The van der Waals surface area contributed by atoms with E-state index in [-0.39, 0.29) is 12.5 Å². The van der Waals surface area contributed by atoms with E-state index in [0.29, 0.717) is 0 Å². The van der Waals surface area contributed by atoms with Crippen molar-refractivity contribution in [1.29, 1.82) is 0 Å². The summed E-state index contributed by atoms with van der Waals surface area (Å²) in [5, 5.41) is 2.91. The van der Waals surface area contributed by atoms with Gasteiger partial charge < -0.3 is 9.88 Å². The number of aromatic nitrogens is 2. The van der Waals surface area contributed by atoms with Crippen molar-refractivity contribution in [2.75, 3.05) is 5.32 Å². The molecule has 0 unspecified atom stereocenters. The van der Waals surface area contributed by atoms with Crippen molar-refractivity contribution >= 4 is 11.6 Å². The summed E-state index contributed by atoms with van der Waals surface area (Å²) in [6, 6.07) is 7.84. The monoisotopic (exact) mass is 229 g/mol. The zero-order chi connectivity index (χ0) is 12.1. The highest BCUT2D eigenvalue weighted by Crippen LogP contribution is 2.15. The van der Waals surface area contributed by atoms with Crippen LogP contribution in [0.15, 0.2) is 43.0 Å². The number of anilines is 1. The van der Waals surface area contributed by atoms with Gasteiger partial charge in [0.25, 0.3) is 0 Å². The van der Waals surface area contributed by atoms with Crippen LogP contribution in [0.5, 0.6) is 0 Å². The van der Waals surface area contributed by atoms with E-state index in [0.717, 1.165) is 17.7 Å². The van der Waals surface area contributed by atoms with Gasteiger partial charge in [-0.1, -0.05) is 25.1 Å². The van der Waals surface area contributed by atoms with Gasteiger partial charge >= 0.3 is 0 Å². The molecule has 1 heterocycles. The SMILES string of the molecule is CCc1ccccc1NC(=O)Cn1ccnc1. The van der Waals surface area contributed by atoms with Crippen LogP contribution in [0.4, 0.5) is 5.69 Å². The lowest BCUT2D eigenvalue weighted by atomic mass is 10.1. The maximum atomic E-state index is 11.8. The Balaban J connectivity index is 2.03. The molecule has 1 amide bonds. The number of benzene rings is 1. The van der Waals surface area contributed by atoms with Crippen molar-refractivity contribution in [1.82, 2.24) is 9.55 Å². The molecule has 2 rings (SSSR count). The van der Waals surface area contributed by atoms with E-state index < -0.39 is 0 Å². The van der Waals surface area contributed by atoms with Crippen LogP contribution in [0, 0.1) is 0 Å². The normalized spacial score (nSPS) is 10.2. The highest BCUT2D eigenvalue weighted by molar-refractivity contribution is 5.91. The van der Waals surface area contributed by atoms with Crippen molar-refractivity contribution in [3.63, 3.8) is 0 Å². The molecule has 0 aliphatic rings. The van der Waals surface area contributed by atoms with Gasteiger partial charge in [-0.05, 0) is 18.1 Å². The maximum Gasteiger partial charge on any atom is 0.244 e. The Kier molecular flexibility index (Phi) is 3.55. The molecule has 1 aromatic heterocycles. The van der Waals surface area contributed by atoms with Crippen LogP contribution in [0.3, 0.4) is 0 Å². The first-order chi connectivity index (χ1) is 8.29. The van der Waals surface area contributed by atoms with Gasteiger partial charge in [0.15, 0.2) is 0 Å². The second-order valence-corrected chi connectivity index (χ2v) is 3.79. The van der Waals surface area contributed by atoms with E-state index in [9.17, 15) is 4.79 Å². The highest BCUT2D eigenvalue weighted by Gasteiger charge is 2.05. The quantitative estimate of drug-likeness (QED) is 0.872. The summed E-state index contributed by atoms with van der Waals surface area (Å²) in [7, 11) is 0. The zero-order valence-electron chi connectivity index (χ0n) is 9.76. The molecule has 0 bridgehead atoms. The molecule has 17 heavy (non-hydrogen) atoms. The lowest BCUT2D eigenvalue weighted by Crippen LogP contribution is -2.18. The van der Waals surface area contributed by atoms with Gasteiger partial charge in [0.2, 0.25) is 5.91 Å². The van der Waals surface area contributed by atoms with Crippen LogP contribution in [0.2, 0.25) is 0 Å². The Labute approximate surface area is 100 Å². The Morgan fingerprint density at radius 3 is 2.94 bits per heavy atom. The second kappa shape index (κ2) is 5.30. The number of hydrogen-bond acceptors (Lipinski definition) is 2. The number of carbonyl (C=O) groups excluding carboxylic acids is 1. The molecule has 0 spiro atoms. The fourth-order valence-electron chi connectivity index (χ4n) is 1.69. The first-order valence-electron chi connectivity index (χ1n) is 5.63. The van der Waals surface area contributed by atoms with Crippen LogP contribution < -0.4 is 5.32 Å². The molecule has 1 aromatic carbocycles. The molecule has 0 saturated heterocycles. The van der Waals surface area contributed by atoms with Gasteiger partial charge in [-0.2, -0.15) is 0 Å². The minimum atomic E-state index is -0.0381. The maximum absolute atomic E-state index is 11.8. The third-order valence-corrected chi connectivity index (χ3v) is 2.56. The summed E-state index contributed by atoms with van der Waals surface area (Å²) < 4.78 is 1.74. The molecular weight excluding hydrogens is 214 g/mol. The Morgan fingerprint density at radius 1 is 1.41 bits per heavy atom. The molecule has 2 aromatic rings. The zero-order valence-corrected chi connectivity index (χ0v) is 9.76. The Morgan fingerprint density at radius 2 is 2.24 bits per heavy atom. The molecule has 0 radical (unpaired) electrons. The molecule has 88 valence electrons. The van der Waals surface area contributed by atoms with E-state index in [1.165, 1.54) is 0 Å². The topological polar surface area (TPSA) is 46.9 Å². The standard InChI is InChI=1S/C13H15N3O/c1-2-11-5-3-4-6-12(11)15-13(17)9-16-8-7-14-10-16/h3-8,10H,2,9H2,1H3,(H,15,17). The van der Waals surface area contributed by atoms with Crippen LogP contribution in [-0.4, -0.2) is 15.5 Å². The fraction of sp³-hybridized carbons (Fsp3) is 0.231. The van der Waals surface area contributed by atoms with E-state index in [1.54, 1.807) is 23.3 Å². The summed E-state index contributed by atoms with van der Waals surface area (Å²) in [5.41, 5.74) is 2.03. The molecule has 4 heteroatoms. The van der Waals surface area contributed by atoms with Crippen molar-refractivity contribution in [2.45, 2.75) is 19.9 Å². The molecular formula is C13H15N3O. The van der Waals surface area contributed by atoms with Crippen molar-refractivity contribution in [3.8, 4) is 0 Å². The van der Waals surface area contributed by atoms with Crippen molar-refractivity contribution in [2.24, 2.45) is 0 Å². The van der Waals surface area contributed by atoms with Gasteiger partial charge in [-0.3, -0.25) is 4.79 Å². The number of imidazole rings is 1. The second-order valence-electron chi connectivity index (χ2n) is 3.79. The van der Waals surface area contributed by atoms with Gasteiger partial charge in [-0.15, -0.1) is 0 Å². The molecule has 0 fully saturated rings. The molecule has 0 saturated carbocycles. The number of nitrogens with one attached hydrogen (secondary N) is 1. The third-order valence-electron chi connectivity index (χ3n) is 2.56. The largest absolute Gasteiger partial charge is 0.328 e. The van der Waals surface area contributed by atoms with E-state index >= 15 is 0 Å². The van der Waals surface area contributed by atoms with E-state index in [1.807, 2.05) is 24.3 Å². The number of hydrogen-bond donors (Lipinski definition) is 1. The minimum absolute atomic E-state index is 0.0381. The number of amides is 1. The Hall–Kier alpha value is -2.10. The van der Waals surface area contributed by atoms with Crippen LogP contribution in [0.1, 0.15) is 12.5 Å². The molecule has 0 atom stereocenters. The minimum Gasteiger partial charge on any atom is -0.328 e. The van der Waals surface area contributed by atoms with Crippen LogP contribution in [0.25, 0.3) is 0 Å². The van der Waals surface area contributed by atoms with Gasteiger partial charge in [0.1, 0.15) is 6.54 Å². The lowest BCUT2D eigenvalue weighted by molar-refractivity contribution is -0.116. The lowest BCUT2D eigenvalue weighted by Gasteiger charge is -2.09. The van der Waals surface area contributed by atoms with Gasteiger partial charge in [0.05, 0.1) is 6.33 Å². The van der Waals surface area contributed by atoms with Crippen molar-refractivity contribution in [3.05, 3.63) is 48.5 Å². The Bertz CT molecular complexity index is 491. The number of carbonyl (C=O) groups is 1. The number of aryl methyl sites for hydroxylation is 1. The van der Waals surface area contributed by atoms with Crippen molar-refractivity contribution < 1.29 is 4.79 Å². The average Bonchev–Trinajstić information content (AvgIpc) is 2.82. The highest BCUT2D eigenvalue weighted by atomic mass is 16.1. The van der Waals surface area contributed by atoms with E-state index in [2.05, 4.69) is 17.2 Å². The number of para-hydroxylation sites is 1. The first kappa shape index (κ1) is 11.4. The molecule has 0 aliphatic carbocycles. The summed E-state index contributed by atoms with van der Waals surface area (Å²) in [5.74, 6) is -0.0381. The number of nitrogens with zero attached hydrogens (tertiary/aromatic N) is 2. The predicted octanol–water partition coefficient (Wildman–Crippen LogP) is 2.08.